The number of phenols is 1. The van der Waals surface area contributed by atoms with Crippen LogP contribution in [0.3, 0.4) is 0 Å². The number of halogens is 1. The van der Waals surface area contributed by atoms with Gasteiger partial charge in [0, 0.05) is 13.6 Å². The number of hydrogen-bond acceptors (Lipinski definition) is 3. The number of hydrogen-bond donors (Lipinski definition) is 1. The highest BCUT2D eigenvalue weighted by atomic mass is 19.1. The number of aromatic hydroxyl groups is 1. The van der Waals surface area contributed by atoms with Gasteiger partial charge in [-0.25, -0.2) is 4.39 Å². The fourth-order valence-electron chi connectivity index (χ4n) is 2.00. The molecule has 0 radical (unpaired) electrons. The first-order valence-electron chi connectivity index (χ1n) is 6.38. The maximum atomic E-state index is 13.1. The number of methoxy groups -OCH3 is 1. The highest BCUT2D eigenvalue weighted by Crippen LogP contribution is 2.24. The lowest BCUT2D eigenvalue weighted by Crippen LogP contribution is -2.26. The molecule has 0 aliphatic rings. The van der Waals surface area contributed by atoms with Crippen LogP contribution in [0.15, 0.2) is 42.5 Å². The van der Waals surface area contributed by atoms with E-state index in [1.165, 1.54) is 36.3 Å². The normalized spacial score (nSPS) is 10.2. The predicted molar refractivity (Wildman–Crippen MR) is 76.9 cm³/mol. The number of benzene rings is 2. The third-order valence-corrected chi connectivity index (χ3v) is 3.09. The Kier molecular flexibility index (Phi) is 4.42. The lowest BCUT2D eigenvalue weighted by Gasteiger charge is -2.18. The molecule has 0 bridgehead atoms. The van der Waals surface area contributed by atoms with Crippen LogP contribution in [0, 0.1) is 5.82 Å². The van der Waals surface area contributed by atoms with E-state index >= 15 is 0 Å². The van der Waals surface area contributed by atoms with Gasteiger partial charge in [-0.2, -0.15) is 0 Å². The fourth-order valence-corrected chi connectivity index (χ4v) is 2.00. The van der Waals surface area contributed by atoms with Gasteiger partial charge in [0.05, 0.1) is 12.7 Å². The van der Waals surface area contributed by atoms with Crippen molar-refractivity contribution in [3.8, 4) is 11.5 Å². The molecule has 0 saturated carbocycles. The minimum Gasteiger partial charge on any atom is -0.507 e. The quantitative estimate of drug-likeness (QED) is 0.941. The Balaban J connectivity index is 2.19. The summed E-state index contributed by atoms with van der Waals surface area (Å²) in [6.07, 6.45) is 0. The van der Waals surface area contributed by atoms with E-state index in [4.69, 9.17) is 4.74 Å². The summed E-state index contributed by atoms with van der Waals surface area (Å²) in [6, 6.07) is 10.5. The van der Waals surface area contributed by atoms with Gasteiger partial charge in [-0.05, 0) is 35.9 Å². The van der Waals surface area contributed by atoms with Crippen molar-refractivity contribution >= 4 is 5.91 Å². The minimum atomic E-state index is -0.365. The standard InChI is InChI=1S/C16H16FNO3/c1-18(10-11-4-3-5-12(17)8-11)16(20)14-9-13(21-2)6-7-15(14)19/h3-9,19H,10H2,1-2H3. The van der Waals surface area contributed by atoms with Gasteiger partial charge in [-0.3, -0.25) is 4.79 Å². The Morgan fingerprint density at radius 2 is 2.05 bits per heavy atom. The molecule has 2 aromatic carbocycles. The largest absolute Gasteiger partial charge is 0.507 e. The fraction of sp³-hybridized carbons (Fsp3) is 0.188. The molecular formula is C16H16FNO3. The summed E-state index contributed by atoms with van der Waals surface area (Å²) in [5.74, 6) is -0.351. The first-order chi connectivity index (χ1) is 10.0. The van der Waals surface area contributed by atoms with Crippen LogP contribution in [0.25, 0.3) is 0 Å². The molecule has 0 saturated heterocycles. The van der Waals surface area contributed by atoms with Crippen LogP contribution in [0.5, 0.6) is 11.5 Å². The van der Waals surface area contributed by atoms with E-state index in [1.807, 2.05) is 0 Å². The van der Waals surface area contributed by atoms with Gasteiger partial charge >= 0.3 is 0 Å². The van der Waals surface area contributed by atoms with Gasteiger partial charge in [-0.1, -0.05) is 12.1 Å². The van der Waals surface area contributed by atoms with E-state index in [9.17, 15) is 14.3 Å². The first-order valence-corrected chi connectivity index (χ1v) is 6.38. The zero-order chi connectivity index (χ0) is 15.4. The topological polar surface area (TPSA) is 49.8 Å². The summed E-state index contributed by atoms with van der Waals surface area (Å²) in [5, 5.41) is 9.80. The van der Waals surface area contributed by atoms with E-state index in [-0.39, 0.29) is 29.6 Å². The van der Waals surface area contributed by atoms with E-state index in [0.717, 1.165) is 0 Å². The first kappa shape index (κ1) is 14.8. The summed E-state index contributed by atoms with van der Waals surface area (Å²) in [6.45, 7) is 0.243. The molecule has 2 aromatic rings. The molecule has 0 atom stereocenters. The SMILES string of the molecule is COc1ccc(O)c(C(=O)N(C)Cc2cccc(F)c2)c1. The Morgan fingerprint density at radius 3 is 2.71 bits per heavy atom. The van der Waals surface area contributed by atoms with Crippen molar-refractivity contribution in [3.05, 3.63) is 59.4 Å². The van der Waals surface area contributed by atoms with Crippen molar-refractivity contribution in [2.45, 2.75) is 6.54 Å². The number of rotatable bonds is 4. The van der Waals surface area contributed by atoms with Crippen molar-refractivity contribution in [2.24, 2.45) is 0 Å². The number of nitrogens with zero attached hydrogens (tertiary/aromatic N) is 1. The second-order valence-electron chi connectivity index (χ2n) is 4.67. The summed E-state index contributed by atoms with van der Waals surface area (Å²) in [4.78, 5) is 13.7. The summed E-state index contributed by atoms with van der Waals surface area (Å²) in [5.41, 5.74) is 0.821. The van der Waals surface area contributed by atoms with Gasteiger partial charge in [-0.15, -0.1) is 0 Å². The maximum Gasteiger partial charge on any atom is 0.257 e. The van der Waals surface area contributed by atoms with Crippen LogP contribution in [-0.2, 0) is 6.54 Å². The van der Waals surface area contributed by atoms with Crippen molar-refractivity contribution in [1.82, 2.24) is 4.90 Å². The average molecular weight is 289 g/mol. The predicted octanol–water partition coefficient (Wildman–Crippen LogP) is 2.81. The number of carbonyl (C=O) groups excluding carboxylic acids is 1. The van der Waals surface area contributed by atoms with Crippen LogP contribution in [0.2, 0.25) is 0 Å². The van der Waals surface area contributed by atoms with E-state index in [1.54, 1.807) is 25.2 Å². The number of ether oxygens (including phenoxy) is 1. The van der Waals surface area contributed by atoms with E-state index in [2.05, 4.69) is 0 Å². The van der Waals surface area contributed by atoms with Crippen LogP contribution < -0.4 is 4.74 Å². The Bertz CT molecular complexity index is 658. The van der Waals surface area contributed by atoms with Gasteiger partial charge in [0.1, 0.15) is 17.3 Å². The molecule has 0 aliphatic carbocycles. The van der Waals surface area contributed by atoms with Gasteiger partial charge in [0.25, 0.3) is 5.91 Å². The molecule has 4 nitrogen and oxygen atoms in total. The molecular weight excluding hydrogens is 273 g/mol. The van der Waals surface area contributed by atoms with Crippen molar-refractivity contribution in [1.29, 1.82) is 0 Å². The van der Waals surface area contributed by atoms with E-state index in [0.29, 0.717) is 11.3 Å². The second kappa shape index (κ2) is 6.26. The smallest absolute Gasteiger partial charge is 0.257 e. The zero-order valence-corrected chi connectivity index (χ0v) is 11.8. The Hall–Kier alpha value is -2.56. The molecule has 110 valence electrons. The molecule has 0 heterocycles. The van der Waals surface area contributed by atoms with Crippen LogP contribution in [0.4, 0.5) is 4.39 Å². The molecule has 1 amide bonds. The second-order valence-corrected chi connectivity index (χ2v) is 4.67. The zero-order valence-electron chi connectivity index (χ0n) is 11.8. The lowest BCUT2D eigenvalue weighted by molar-refractivity contribution is 0.0781. The minimum absolute atomic E-state index is 0.119. The monoisotopic (exact) mass is 289 g/mol. The highest BCUT2D eigenvalue weighted by molar-refractivity contribution is 5.97. The number of amides is 1. The third-order valence-electron chi connectivity index (χ3n) is 3.09. The Labute approximate surface area is 122 Å². The summed E-state index contributed by atoms with van der Waals surface area (Å²) >= 11 is 0. The molecule has 0 fully saturated rings. The van der Waals surface area contributed by atoms with Gasteiger partial charge in [0.15, 0.2) is 0 Å². The van der Waals surface area contributed by atoms with Crippen molar-refractivity contribution in [2.75, 3.05) is 14.2 Å². The molecule has 21 heavy (non-hydrogen) atoms. The lowest BCUT2D eigenvalue weighted by atomic mass is 10.1. The molecule has 2 rings (SSSR count). The maximum absolute atomic E-state index is 13.1. The third kappa shape index (κ3) is 3.51. The van der Waals surface area contributed by atoms with E-state index < -0.39 is 0 Å². The van der Waals surface area contributed by atoms with Crippen LogP contribution in [0.1, 0.15) is 15.9 Å². The molecule has 0 unspecified atom stereocenters. The molecule has 0 aromatic heterocycles. The van der Waals surface area contributed by atoms with Gasteiger partial charge < -0.3 is 14.7 Å². The molecule has 5 heteroatoms. The van der Waals surface area contributed by atoms with Crippen molar-refractivity contribution < 1.29 is 19.0 Å². The molecule has 1 N–H and O–H groups in total. The Morgan fingerprint density at radius 1 is 1.29 bits per heavy atom. The highest BCUT2D eigenvalue weighted by Gasteiger charge is 2.17. The van der Waals surface area contributed by atoms with Gasteiger partial charge in [0.2, 0.25) is 0 Å². The number of phenolic OH excluding ortho intramolecular Hbond substituents is 1. The molecule has 0 spiro atoms. The average Bonchev–Trinajstić information content (AvgIpc) is 2.47. The van der Waals surface area contributed by atoms with Crippen molar-refractivity contribution in [3.63, 3.8) is 0 Å². The summed E-state index contributed by atoms with van der Waals surface area (Å²) in [7, 11) is 3.07. The van der Waals surface area contributed by atoms with Crippen LogP contribution in [-0.4, -0.2) is 30.1 Å². The number of carbonyl (C=O) groups is 1. The molecule has 0 aliphatic heterocycles. The summed E-state index contributed by atoms with van der Waals surface area (Å²) < 4.78 is 18.2. The van der Waals surface area contributed by atoms with Crippen LogP contribution >= 0.6 is 0 Å².